The Morgan fingerprint density at radius 1 is 0.844 bits per heavy atom. The Morgan fingerprint density at radius 3 is 2.12 bits per heavy atom. The van der Waals surface area contributed by atoms with Crippen LogP contribution in [0.2, 0.25) is 0 Å². The molecular weight excluding hydrogens is 408 g/mol. The van der Waals surface area contributed by atoms with E-state index in [2.05, 4.69) is 15.5 Å². The molecule has 0 bridgehead atoms. The van der Waals surface area contributed by atoms with Crippen LogP contribution in [0.5, 0.6) is 17.2 Å². The van der Waals surface area contributed by atoms with E-state index < -0.39 is 0 Å². The van der Waals surface area contributed by atoms with E-state index in [1.165, 1.54) is 0 Å². The van der Waals surface area contributed by atoms with E-state index in [0.717, 1.165) is 17.0 Å². The van der Waals surface area contributed by atoms with Crippen molar-refractivity contribution in [2.45, 2.75) is 13.8 Å². The number of methoxy groups -OCH3 is 1. The summed E-state index contributed by atoms with van der Waals surface area (Å²) in [5, 5.41) is 11.9. The summed E-state index contributed by atoms with van der Waals surface area (Å²) in [4.78, 5) is 14.4. The van der Waals surface area contributed by atoms with Gasteiger partial charge in [0.2, 0.25) is 0 Å². The van der Waals surface area contributed by atoms with Gasteiger partial charge < -0.3 is 19.5 Å². The smallest absolute Gasteiger partial charge is 0.255 e. The maximum Gasteiger partial charge on any atom is 0.255 e. The number of nitrogens with zero attached hydrogens (tertiary/aromatic N) is 3. The van der Waals surface area contributed by atoms with Crippen LogP contribution in [0.3, 0.4) is 0 Å². The van der Waals surface area contributed by atoms with Gasteiger partial charge >= 0.3 is 0 Å². The molecule has 0 aliphatic carbocycles. The lowest BCUT2D eigenvalue weighted by atomic mass is 10.1. The number of nitrogens with one attached hydrogen (secondary N) is 1. The van der Waals surface area contributed by atoms with E-state index in [1.54, 1.807) is 42.2 Å². The van der Waals surface area contributed by atoms with Crippen molar-refractivity contribution in [3.05, 3.63) is 66.2 Å². The molecule has 4 aromatic rings. The highest BCUT2D eigenvalue weighted by Crippen LogP contribution is 2.25. The fourth-order valence-corrected chi connectivity index (χ4v) is 3.23. The van der Waals surface area contributed by atoms with Crippen LogP contribution < -0.4 is 19.5 Å². The summed E-state index contributed by atoms with van der Waals surface area (Å²) < 4.78 is 16.3. The molecule has 0 aliphatic rings. The molecule has 0 radical (unpaired) electrons. The SMILES string of the molecule is CCOc1cc(OCC)cc(C(=O)Nc2ccc3nn(-c4ccc(OC)cc4)nc3c2)c1. The van der Waals surface area contributed by atoms with Crippen molar-refractivity contribution in [1.82, 2.24) is 15.0 Å². The maximum atomic E-state index is 12.9. The minimum atomic E-state index is -0.269. The molecule has 8 heteroatoms. The van der Waals surface area contributed by atoms with E-state index in [-0.39, 0.29) is 5.91 Å². The normalized spacial score (nSPS) is 10.7. The van der Waals surface area contributed by atoms with Gasteiger partial charge in [-0.25, -0.2) is 0 Å². The Kier molecular flexibility index (Phi) is 6.21. The van der Waals surface area contributed by atoms with E-state index in [9.17, 15) is 4.79 Å². The molecule has 0 atom stereocenters. The number of carbonyl (C=O) groups excluding carboxylic acids is 1. The second-order valence-corrected chi connectivity index (χ2v) is 6.90. The van der Waals surface area contributed by atoms with Gasteiger partial charge in [0.25, 0.3) is 5.91 Å². The van der Waals surface area contributed by atoms with Gasteiger partial charge in [-0.15, -0.1) is 10.2 Å². The first-order valence-corrected chi connectivity index (χ1v) is 10.3. The van der Waals surface area contributed by atoms with E-state index in [4.69, 9.17) is 14.2 Å². The fourth-order valence-electron chi connectivity index (χ4n) is 3.23. The number of anilines is 1. The molecule has 0 unspecified atom stereocenters. The summed E-state index contributed by atoms with van der Waals surface area (Å²) in [7, 11) is 1.62. The first-order valence-electron chi connectivity index (χ1n) is 10.3. The summed E-state index contributed by atoms with van der Waals surface area (Å²) >= 11 is 0. The second-order valence-electron chi connectivity index (χ2n) is 6.90. The van der Waals surface area contributed by atoms with E-state index >= 15 is 0 Å². The van der Waals surface area contributed by atoms with Gasteiger partial charge in [0, 0.05) is 17.3 Å². The van der Waals surface area contributed by atoms with Crippen LogP contribution in [0.25, 0.3) is 16.7 Å². The van der Waals surface area contributed by atoms with Crippen LogP contribution >= 0.6 is 0 Å². The molecule has 3 aromatic carbocycles. The zero-order valence-corrected chi connectivity index (χ0v) is 18.2. The van der Waals surface area contributed by atoms with Crippen molar-refractivity contribution in [1.29, 1.82) is 0 Å². The number of hydrogen-bond acceptors (Lipinski definition) is 6. The summed E-state index contributed by atoms with van der Waals surface area (Å²) in [6.45, 7) is 4.77. The second kappa shape index (κ2) is 9.38. The van der Waals surface area contributed by atoms with Crippen molar-refractivity contribution in [2.75, 3.05) is 25.6 Å². The number of ether oxygens (including phenoxy) is 3. The average molecular weight is 432 g/mol. The lowest BCUT2D eigenvalue weighted by molar-refractivity contribution is 0.102. The van der Waals surface area contributed by atoms with Gasteiger partial charge in [-0.05, 0) is 68.4 Å². The molecule has 0 aliphatic heterocycles. The lowest BCUT2D eigenvalue weighted by Crippen LogP contribution is -2.12. The van der Waals surface area contributed by atoms with Gasteiger partial charge in [0.05, 0.1) is 26.0 Å². The van der Waals surface area contributed by atoms with Crippen molar-refractivity contribution < 1.29 is 19.0 Å². The Morgan fingerprint density at radius 2 is 1.50 bits per heavy atom. The number of carbonyl (C=O) groups is 1. The Bertz CT molecular complexity index is 1210. The molecule has 1 amide bonds. The van der Waals surface area contributed by atoms with E-state index in [0.29, 0.717) is 41.5 Å². The van der Waals surface area contributed by atoms with Crippen LogP contribution in [0.4, 0.5) is 5.69 Å². The monoisotopic (exact) mass is 432 g/mol. The van der Waals surface area contributed by atoms with Gasteiger partial charge in [0.1, 0.15) is 28.3 Å². The predicted molar refractivity (Wildman–Crippen MR) is 122 cm³/mol. The third-order valence-corrected chi connectivity index (χ3v) is 4.71. The van der Waals surface area contributed by atoms with Gasteiger partial charge in [-0.3, -0.25) is 4.79 Å². The molecular formula is C24H24N4O4. The van der Waals surface area contributed by atoms with Crippen LogP contribution in [0, 0.1) is 0 Å². The topological polar surface area (TPSA) is 87.5 Å². The Labute approximate surface area is 185 Å². The van der Waals surface area contributed by atoms with Crippen LogP contribution in [0.15, 0.2) is 60.7 Å². The first kappa shape index (κ1) is 21.2. The summed E-state index contributed by atoms with van der Waals surface area (Å²) in [6, 6.07) is 18.0. The molecule has 1 heterocycles. The molecule has 1 aromatic heterocycles. The van der Waals surface area contributed by atoms with Gasteiger partial charge in [-0.2, -0.15) is 4.80 Å². The molecule has 1 N–H and O–H groups in total. The standard InChI is InChI=1S/C24H24N4O4/c1-4-31-20-12-16(13-21(15-20)32-5-2)24(29)25-17-6-11-22-23(14-17)27-28(26-22)18-7-9-19(30-3)10-8-18/h6-15H,4-5H2,1-3H3,(H,25,29). The van der Waals surface area contributed by atoms with Crippen molar-refractivity contribution in [3.63, 3.8) is 0 Å². The third-order valence-electron chi connectivity index (χ3n) is 4.71. The number of benzene rings is 3. The summed E-state index contributed by atoms with van der Waals surface area (Å²) in [6.07, 6.45) is 0. The summed E-state index contributed by atoms with van der Waals surface area (Å²) in [5.74, 6) is 1.66. The molecule has 0 fully saturated rings. The minimum absolute atomic E-state index is 0.269. The van der Waals surface area contributed by atoms with E-state index in [1.807, 2.05) is 44.2 Å². The highest BCUT2D eigenvalue weighted by Gasteiger charge is 2.12. The Balaban J connectivity index is 1.57. The quantitative estimate of drug-likeness (QED) is 0.442. The van der Waals surface area contributed by atoms with Crippen LogP contribution in [-0.2, 0) is 0 Å². The van der Waals surface area contributed by atoms with Gasteiger partial charge in [-0.1, -0.05) is 0 Å². The number of aromatic nitrogens is 3. The highest BCUT2D eigenvalue weighted by molar-refractivity contribution is 6.05. The zero-order valence-electron chi connectivity index (χ0n) is 18.2. The number of fused-ring (bicyclic) bond motifs is 1. The molecule has 164 valence electrons. The van der Waals surface area contributed by atoms with Crippen molar-refractivity contribution in [2.24, 2.45) is 0 Å². The molecule has 8 nitrogen and oxygen atoms in total. The number of rotatable bonds is 8. The largest absolute Gasteiger partial charge is 0.497 e. The molecule has 32 heavy (non-hydrogen) atoms. The van der Waals surface area contributed by atoms with Crippen molar-refractivity contribution in [3.8, 4) is 22.9 Å². The minimum Gasteiger partial charge on any atom is -0.497 e. The van der Waals surface area contributed by atoms with Crippen molar-refractivity contribution >= 4 is 22.6 Å². The first-order chi connectivity index (χ1) is 15.6. The highest BCUT2D eigenvalue weighted by atomic mass is 16.5. The number of hydrogen-bond donors (Lipinski definition) is 1. The maximum absolute atomic E-state index is 12.9. The molecule has 0 saturated heterocycles. The molecule has 0 saturated carbocycles. The average Bonchev–Trinajstić information content (AvgIpc) is 3.23. The lowest BCUT2D eigenvalue weighted by Gasteiger charge is -2.11. The van der Waals surface area contributed by atoms with Crippen LogP contribution in [-0.4, -0.2) is 41.2 Å². The number of amides is 1. The molecule has 4 rings (SSSR count). The summed E-state index contributed by atoms with van der Waals surface area (Å²) in [5.41, 5.74) is 3.25. The molecule has 0 spiro atoms. The zero-order chi connectivity index (χ0) is 22.5. The Hall–Kier alpha value is -4.07. The predicted octanol–water partition coefficient (Wildman–Crippen LogP) is 4.48. The third kappa shape index (κ3) is 4.64. The van der Waals surface area contributed by atoms with Gasteiger partial charge in [0.15, 0.2) is 0 Å². The van der Waals surface area contributed by atoms with Crippen LogP contribution in [0.1, 0.15) is 24.2 Å². The fraction of sp³-hybridized carbons (Fsp3) is 0.208.